The fraction of sp³-hybridized carbons (Fsp3) is 0.444. The van der Waals surface area contributed by atoms with Crippen molar-refractivity contribution in [1.82, 2.24) is 25.5 Å². The molecule has 0 saturated heterocycles. The van der Waals surface area contributed by atoms with Crippen molar-refractivity contribution in [3.05, 3.63) is 30.0 Å². The maximum absolute atomic E-state index is 5.20. The Bertz CT molecular complexity index is 394. The Morgan fingerprint density at radius 1 is 1.53 bits per heavy atom. The molecule has 15 heavy (non-hydrogen) atoms. The predicted octanol–water partition coefficient (Wildman–Crippen LogP) is 0.135. The number of nitrogens with one attached hydrogen (secondary N) is 1. The van der Waals surface area contributed by atoms with E-state index in [0.717, 1.165) is 18.7 Å². The molecule has 2 rings (SSSR count). The molecule has 80 valence electrons. The fourth-order valence-corrected chi connectivity index (χ4v) is 1.26. The van der Waals surface area contributed by atoms with Crippen LogP contribution < -0.4 is 5.32 Å². The van der Waals surface area contributed by atoms with Gasteiger partial charge < -0.3 is 9.73 Å². The minimum absolute atomic E-state index is 0.633. The molecule has 6 heteroatoms. The molecule has 2 aromatic rings. The molecular formula is C9H13N5O. The zero-order chi connectivity index (χ0) is 10.5. The third kappa shape index (κ3) is 2.88. The number of furan rings is 1. The van der Waals surface area contributed by atoms with Crippen LogP contribution in [0.5, 0.6) is 0 Å². The lowest BCUT2D eigenvalue weighted by Gasteiger charge is -1.98. The molecule has 0 aliphatic heterocycles. The summed E-state index contributed by atoms with van der Waals surface area (Å²) in [4.78, 5) is 1.45. The number of hydrogen-bond donors (Lipinski definition) is 1. The zero-order valence-corrected chi connectivity index (χ0v) is 8.55. The third-order valence-electron chi connectivity index (χ3n) is 1.96. The summed E-state index contributed by atoms with van der Waals surface area (Å²) in [6.45, 7) is 1.47. The van der Waals surface area contributed by atoms with Crippen molar-refractivity contribution in [2.75, 3.05) is 6.54 Å². The molecule has 0 aliphatic carbocycles. The van der Waals surface area contributed by atoms with Crippen LogP contribution in [0.2, 0.25) is 0 Å². The SMILES string of the molecule is Cn1nnc(CNCCc2ccco2)n1. The predicted molar refractivity (Wildman–Crippen MR) is 52.9 cm³/mol. The topological polar surface area (TPSA) is 68.8 Å². The van der Waals surface area contributed by atoms with Crippen LogP contribution >= 0.6 is 0 Å². The number of hydrogen-bond acceptors (Lipinski definition) is 5. The zero-order valence-electron chi connectivity index (χ0n) is 8.55. The van der Waals surface area contributed by atoms with Gasteiger partial charge in [-0.15, -0.1) is 10.2 Å². The molecule has 0 fully saturated rings. The average Bonchev–Trinajstić information content (AvgIpc) is 2.84. The Morgan fingerprint density at radius 2 is 2.47 bits per heavy atom. The molecular weight excluding hydrogens is 194 g/mol. The number of nitrogens with zero attached hydrogens (tertiary/aromatic N) is 4. The van der Waals surface area contributed by atoms with E-state index in [0.29, 0.717) is 12.4 Å². The van der Waals surface area contributed by atoms with Gasteiger partial charge in [0.2, 0.25) is 0 Å². The summed E-state index contributed by atoms with van der Waals surface area (Å²) in [7, 11) is 1.75. The van der Waals surface area contributed by atoms with E-state index < -0.39 is 0 Å². The second kappa shape index (κ2) is 4.70. The summed E-state index contributed by atoms with van der Waals surface area (Å²) in [6, 6.07) is 3.85. The molecule has 2 heterocycles. The maximum Gasteiger partial charge on any atom is 0.188 e. The Balaban J connectivity index is 1.67. The standard InChI is InChI=1S/C9H13N5O/c1-14-12-9(11-13-14)7-10-5-4-8-3-2-6-15-8/h2-3,6,10H,4-5,7H2,1H3. The summed E-state index contributed by atoms with van der Waals surface area (Å²) in [5.41, 5.74) is 0. The van der Waals surface area contributed by atoms with Gasteiger partial charge in [0, 0.05) is 13.0 Å². The Hall–Kier alpha value is -1.69. The van der Waals surface area contributed by atoms with Crippen molar-refractivity contribution in [3.8, 4) is 0 Å². The molecule has 1 N–H and O–H groups in total. The molecule has 0 unspecified atom stereocenters. The second-order valence-corrected chi connectivity index (χ2v) is 3.20. The van der Waals surface area contributed by atoms with Gasteiger partial charge in [-0.3, -0.25) is 0 Å². The monoisotopic (exact) mass is 207 g/mol. The summed E-state index contributed by atoms with van der Waals surface area (Å²) in [5.74, 6) is 1.69. The number of tetrazole rings is 1. The van der Waals surface area contributed by atoms with E-state index in [1.807, 2.05) is 12.1 Å². The van der Waals surface area contributed by atoms with E-state index in [4.69, 9.17) is 4.42 Å². The normalized spacial score (nSPS) is 10.7. The van der Waals surface area contributed by atoms with Crippen LogP contribution in [-0.2, 0) is 20.0 Å². The van der Waals surface area contributed by atoms with Gasteiger partial charge in [0.15, 0.2) is 5.82 Å². The number of aryl methyl sites for hydroxylation is 1. The molecule has 0 bridgehead atoms. The van der Waals surface area contributed by atoms with Crippen LogP contribution in [0.25, 0.3) is 0 Å². The fourth-order valence-electron chi connectivity index (χ4n) is 1.26. The lowest BCUT2D eigenvalue weighted by atomic mass is 10.3. The van der Waals surface area contributed by atoms with Crippen LogP contribution in [0.3, 0.4) is 0 Å². The molecule has 0 saturated carbocycles. The quantitative estimate of drug-likeness (QED) is 0.706. The maximum atomic E-state index is 5.20. The van der Waals surface area contributed by atoms with Crippen molar-refractivity contribution in [2.45, 2.75) is 13.0 Å². The number of aromatic nitrogens is 4. The summed E-state index contributed by atoms with van der Waals surface area (Å²) < 4.78 is 5.20. The van der Waals surface area contributed by atoms with Gasteiger partial charge in [0.1, 0.15) is 5.76 Å². The first-order chi connectivity index (χ1) is 7.34. The van der Waals surface area contributed by atoms with Gasteiger partial charge in [-0.1, -0.05) is 0 Å². The number of rotatable bonds is 5. The Labute approximate surface area is 87.3 Å². The molecule has 0 aliphatic rings. The minimum Gasteiger partial charge on any atom is -0.469 e. The second-order valence-electron chi connectivity index (χ2n) is 3.20. The van der Waals surface area contributed by atoms with Crippen LogP contribution in [0, 0.1) is 0 Å². The van der Waals surface area contributed by atoms with Crippen LogP contribution in [-0.4, -0.2) is 26.8 Å². The van der Waals surface area contributed by atoms with Crippen molar-refractivity contribution >= 4 is 0 Å². The minimum atomic E-state index is 0.633. The van der Waals surface area contributed by atoms with Gasteiger partial charge in [-0.05, 0) is 17.3 Å². The van der Waals surface area contributed by atoms with Crippen molar-refractivity contribution in [2.24, 2.45) is 7.05 Å². The smallest absolute Gasteiger partial charge is 0.188 e. The van der Waals surface area contributed by atoms with Gasteiger partial charge in [0.25, 0.3) is 0 Å². The van der Waals surface area contributed by atoms with Gasteiger partial charge in [-0.25, -0.2) is 0 Å². The molecule has 2 aromatic heterocycles. The highest BCUT2D eigenvalue weighted by atomic mass is 16.3. The van der Waals surface area contributed by atoms with E-state index in [9.17, 15) is 0 Å². The molecule has 6 nitrogen and oxygen atoms in total. The van der Waals surface area contributed by atoms with E-state index in [2.05, 4.69) is 20.7 Å². The summed E-state index contributed by atoms with van der Waals surface area (Å²) >= 11 is 0. The largest absolute Gasteiger partial charge is 0.469 e. The van der Waals surface area contributed by atoms with E-state index in [-0.39, 0.29) is 0 Å². The van der Waals surface area contributed by atoms with Crippen molar-refractivity contribution in [1.29, 1.82) is 0 Å². The van der Waals surface area contributed by atoms with Crippen molar-refractivity contribution in [3.63, 3.8) is 0 Å². The van der Waals surface area contributed by atoms with Gasteiger partial charge in [-0.2, -0.15) is 4.80 Å². The first kappa shape index (κ1) is 9.85. The Morgan fingerprint density at radius 3 is 3.13 bits per heavy atom. The van der Waals surface area contributed by atoms with E-state index >= 15 is 0 Å². The first-order valence-corrected chi connectivity index (χ1v) is 4.80. The molecule has 0 radical (unpaired) electrons. The summed E-state index contributed by atoms with van der Waals surface area (Å²) in [6.07, 6.45) is 2.55. The highest BCUT2D eigenvalue weighted by Crippen LogP contribution is 1.99. The highest BCUT2D eigenvalue weighted by Gasteiger charge is 1.99. The van der Waals surface area contributed by atoms with Crippen LogP contribution in [0.4, 0.5) is 0 Å². The van der Waals surface area contributed by atoms with Crippen molar-refractivity contribution < 1.29 is 4.42 Å². The van der Waals surface area contributed by atoms with E-state index in [1.54, 1.807) is 13.3 Å². The first-order valence-electron chi connectivity index (χ1n) is 4.80. The molecule has 0 atom stereocenters. The van der Waals surface area contributed by atoms with Gasteiger partial charge >= 0.3 is 0 Å². The summed E-state index contributed by atoms with van der Waals surface area (Å²) in [5, 5.41) is 14.9. The average molecular weight is 207 g/mol. The van der Waals surface area contributed by atoms with Gasteiger partial charge in [0.05, 0.1) is 19.9 Å². The molecule has 0 spiro atoms. The lowest BCUT2D eigenvalue weighted by Crippen LogP contribution is -2.17. The van der Waals surface area contributed by atoms with Crippen LogP contribution in [0.15, 0.2) is 22.8 Å². The highest BCUT2D eigenvalue weighted by molar-refractivity contribution is 4.98. The lowest BCUT2D eigenvalue weighted by molar-refractivity contribution is 0.497. The van der Waals surface area contributed by atoms with E-state index in [1.165, 1.54) is 4.80 Å². The Kier molecular flexibility index (Phi) is 3.08. The third-order valence-corrected chi connectivity index (χ3v) is 1.96. The van der Waals surface area contributed by atoms with Crippen LogP contribution in [0.1, 0.15) is 11.6 Å². The molecule has 0 amide bonds. The molecule has 0 aromatic carbocycles.